The average Bonchev–Trinajstić information content (AvgIpc) is 3.26. The second kappa shape index (κ2) is 9.81. The molecule has 2 aromatic heterocycles. The number of nitrogens with one attached hydrogen (secondary N) is 1. The highest BCUT2D eigenvalue weighted by atomic mass is 32.1. The van der Waals surface area contributed by atoms with Crippen LogP contribution >= 0.6 is 11.3 Å². The number of carbonyl (C=O) groups excluding carboxylic acids is 1. The highest BCUT2D eigenvalue weighted by molar-refractivity contribution is 7.17. The molecule has 1 atom stereocenters. The maximum atomic E-state index is 13.4. The molecule has 0 saturated carbocycles. The zero-order valence-electron chi connectivity index (χ0n) is 18.5. The van der Waals surface area contributed by atoms with Crippen molar-refractivity contribution < 1.29 is 9.18 Å². The van der Waals surface area contributed by atoms with Crippen molar-refractivity contribution in [2.45, 2.75) is 39.7 Å². The molecule has 32 heavy (non-hydrogen) atoms. The first kappa shape index (κ1) is 22.5. The molecule has 0 spiro atoms. The number of anilines is 1. The fraction of sp³-hybridized carbons (Fsp3) is 0.458. The first-order valence-corrected chi connectivity index (χ1v) is 12.1. The van der Waals surface area contributed by atoms with Crippen LogP contribution in [-0.4, -0.2) is 35.1 Å². The third-order valence-electron chi connectivity index (χ3n) is 5.90. The van der Waals surface area contributed by atoms with Gasteiger partial charge in [-0.25, -0.2) is 9.37 Å². The van der Waals surface area contributed by atoms with Gasteiger partial charge in [-0.3, -0.25) is 14.2 Å². The summed E-state index contributed by atoms with van der Waals surface area (Å²) in [5, 5.41) is 4.93. The van der Waals surface area contributed by atoms with E-state index in [1.54, 1.807) is 16.7 Å². The molecule has 1 aliphatic rings. The Bertz CT molecular complexity index is 1140. The fourth-order valence-corrected chi connectivity index (χ4v) is 4.87. The van der Waals surface area contributed by atoms with Crippen molar-refractivity contribution in [3.05, 3.63) is 57.4 Å². The van der Waals surface area contributed by atoms with Crippen molar-refractivity contribution in [3.8, 4) is 0 Å². The molecule has 3 aromatic rings. The van der Waals surface area contributed by atoms with Gasteiger partial charge in [0, 0.05) is 19.6 Å². The number of hydrogen-bond acceptors (Lipinski definition) is 5. The lowest BCUT2D eigenvalue weighted by molar-refractivity contribution is -0.125. The number of rotatable bonds is 7. The molecule has 170 valence electrons. The molecular formula is C24H29FN4O2S. The van der Waals surface area contributed by atoms with Gasteiger partial charge in [-0.2, -0.15) is 0 Å². The minimum absolute atomic E-state index is 0.0689. The molecule has 1 saturated heterocycles. The van der Waals surface area contributed by atoms with Gasteiger partial charge in [0.15, 0.2) is 0 Å². The summed E-state index contributed by atoms with van der Waals surface area (Å²) in [6.45, 7) is 6.53. The fourth-order valence-electron chi connectivity index (χ4n) is 4.09. The Balaban J connectivity index is 1.61. The van der Waals surface area contributed by atoms with Gasteiger partial charge >= 0.3 is 0 Å². The van der Waals surface area contributed by atoms with Gasteiger partial charge in [0.1, 0.15) is 10.5 Å². The Hall–Kier alpha value is -2.74. The van der Waals surface area contributed by atoms with E-state index in [2.05, 4.69) is 24.1 Å². The Labute approximate surface area is 191 Å². The number of halogens is 1. The topological polar surface area (TPSA) is 67.2 Å². The molecule has 4 rings (SSSR count). The summed E-state index contributed by atoms with van der Waals surface area (Å²) in [5.74, 6) is 0.741. The van der Waals surface area contributed by atoms with Crippen LogP contribution < -0.4 is 15.8 Å². The Morgan fingerprint density at radius 2 is 2.06 bits per heavy atom. The highest BCUT2D eigenvalue weighted by Crippen LogP contribution is 2.25. The zero-order chi connectivity index (χ0) is 22.7. The smallest absolute Gasteiger partial charge is 0.273 e. The Morgan fingerprint density at radius 1 is 1.28 bits per heavy atom. The van der Waals surface area contributed by atoms with Crippen LogP contribution in [0, 0.1) is 17.7 Å². The summed E-state index contributed by atoms with van der Waals surface area (Å²) in [7, 11) is 0. The molecule has 0 radical (unpaired) electrons. The van der Waals surface area contributed by atoms with E-state index >= 15 is 0 Å². The van der Waals surface area contributed by atoms with E-state index in [0.29, 0.717) is 41.7 Å². The van der Waals surface area contributed by atoms with Gasteiger partial charge < -0.3 is 10.2 Å². The maximum Gasteiger partial charge on any atom is 0.273 e. The van der Waals surface area contributed by atoms with Crippen LogP contribution in [0.4, 0.5) is 10.3 Å². The monoisotopic (exact) mass is 456 g/mol. The molecule has 0 unspecified atom stereocenters. The predicted octanol–water partition coefficient (Wildman–Crippen LogP) is 4.02. The standard InChI is InChI=1S/C24H29FN4O2S/c1-16(2)9-11-26-22(30)18-4-3-12-28(15-18)24-27-20-10-13-32-21(20)23(31)29(24)14-17-5-7-19(25)8-6-17/h5-8,10,13,16,18H,3-4,9,11-12,14-15H2,1-2H3,(H,26,30)/t18-/m1/s1. The summed E-state index contributed by atoms with van der Waals surface area (Å²) in [6.07, 6.45) is 2.64. The molecule has 1 N–H and O–H groups in total. The number of aromatic nitrogens is 2. The summed E-state index contributed by atoms with van der Waals surface area (Å²) >= 11 is 1.37. The van der Waals surface area contributed by atoms with E-state index in [0.717, 1.165) is 31.4 Å². The van der Waals surface area contributed by atoms with Crippen molar-refractivity contribution >= 4 is 33.4 Å². The molecule has 1 aliphatic heterocycles. The average molecular weight is 457 g/mol. The molecule has 1 aromatic carbocycles. The van der Waals surface area contributed by atoms with Crippen LogP contribution in [0.15, 0.2) is 40.5 Å². The first-order chi connectivity index (χ1) is 15.4. The Morgan fingerprint density at radius 3 is 2.81 bits per heavy atom. The quantitative estimate of drug-likeness (QED) is 0.583. The summed E-state index contributed by atoms with van der Waals surface area (Å²) in [6, 6.07) is 8.02. The lowest BCUT2D eigenvalue weighted by atomic mass is 9.97. The van der Waals surface area contributed by atoms with E-state index in [4.69, 9.17) is 4.98 Å². The summed E-state index contributed by atoms with van der Waals surface area (Å²) < 4.78 is 15.6. The largest absolute Gasteiger partial charge is 0.356 e. The normalized spacial score (nSPS) is 16.6. The molecule has 1 fully saturated rings. The van der Waals surface area contributed by atoms with Crippen molar-refractivity contribution in [2.75, 3.05) is 24.5 Å². The van der Waals surface area contributed by atoms with E-state index in [1.165, 1.54) is 23.5 Å². The van der Waals surface area contributed by atoms with E-state index in [1.807, 2.05) is 11.4 Å². The lowest BCUT2D eigenvalue weighted by Crippen LogP contribution is -2.45. The van der Waals surface area contributed by atoms with Gasteiger partial charge in [-0.1, -0.05) is 26.0 Å². The number of carbonyl (C=O) groups is 1. The molecule has 1 amide bonds. The van der Waals surface area contributed by atoms with Gasteiger partial charge in [0.05, 0.1) is 18.0 Å². The predicted molar refractivity (Wildman–Crippen MR) is 127 cm³/mol. The summed E-state index contributed by atoms with van der Waals surface area (Å²) in [5.41, 5.74) is 1.40. The molecule has 6 nitrogen and oxygen atoms in total. The number of fused-ring (bicyclic) bond motifs is 1. The van der Waals surface area contributed by atoms with Crippen LogP contribution in [0.3, 0.4) is 0 Å². The van der Waals surface area contributed by atoms with Crippen LogP contribution in [-0.2, 0) is 11.3 Å². The minimum Gasteiger partial charge on any atom is -0.356 e. The Kier molecular flexibility index (Phi) is 6.89. The number of thiophene rings is 1. The number of amides is 1. The van der Waals surface area contributed by atoms with Crippen LogP contribution in [0.5, 0.6) is 0 Å². The number of piperidine rings is 1. The van der Waals surface area contributed by atoms with Crippen molar-refractivity contribution in [1.82, 2.24) is 14.9 Å². The van der Waals surface area contributed by atoms with Crippen LogP contribution in [0.2, 0.25) is 0 Å². The number of hydrogen-bond donors (Lipinski definition) is 1. The van der Waals surface area contributed by atoms with Crippen LogP contribution in [0.25, 0.3) is 10.2 Å². The molecule has 3 heterocycles. The van der Waals surface area contributed by atoms with Gasteiger partial charge in [0.25, 0.3) is 5.56 Å². The third kappa shape index (κ3) is 5.01. The highest BCUT2D eigenvalue weighted by Gasteiger charge is 2.28. The van der Waals surface area contributed by atoms with E-state index < -0.39 is 0 Å². The SMILES string of the molecule is CC(C)CCNC(=O)[C@@H]1CCCN(c2nc3ccsc3c(=O)n2Cc2ccc(F)cc2)C1. The van der Waals surface area contributed by atoms with Crippen molar-refractivity contribution in [2.24, 2.45) is 11.8 Å². The van der Waals surface area contributed by atoms with Gasteiger partial charge in [0.2, 0.25) is 11.9 Å². The van der Waals surface area contributed by atoms with E-state index in [9.17, 15) is 14.0 Å². The van der Waals surface area contributed by atoms with Gasteiger partial charge in [-0.15, -0.1) is 11.3 Å². The second-order valence-electron chi connectivity index (χ2n) is 8.82. The first-order valence-electron chi connectivity index (χ1n) is 11.2. The summed E-state index contributed by atoms with van der Waals surface area (Å²) in [4.78, 5) is 32.9. The van der Waals surface area contributed by atoms with E-state index in [-0.39, 0.29) is 23.2 Å². The number of benzene rings is 1. The van der Waals surface area contributed by atoms with Crippen molar-refractivity contribution in [1.29, 1.82) is 0 Å². The minimum atomic E-state index is -0.310. The number of nitrogens with zero attached hydrogens (tertiary/aromatic N) is 3. The second-order valence-corrected chi connectivity index (χ2v) is 9.74. The molecule has 0 bridgehead atoms. The zero-order valence-corrected chi connectivity index (χ0v) is 19.3. The molecule has 8 heteroatoms. The molecule has 0 aliphatic carbocycles. The third-order valence-corrected chi connectivity index (χ3v) is 6.79. The molecular weight excluding hydrogens is 427 g/mol. The van der Waals surface area contributed by atoms with Gasteiger partial charge in [-0.05, 0) is 54.3 Å². The lowest BCUT2D eigenvalue weighted by Gasteiger charge is -2.34. The maximum absolute atomic E-state index is 13.4. The van der Waals surface area contributed by atoms with Crippen molar-refractivity contribution in [3.63, 3.8) is 0 Å². The van der Waals surface area contributed by atoms with Crippen LogP contribution in [0.1, 0.15) is 38.7 Å².